The van der Waals surface area contributed by atoms with Crippen molar-refractivity contribution in [2.75, 3.05) is 18.0 Å². The first-order chi connectivity index (χ1) is 13.8. The molecule has 0 bridgehead atoms. The first-order valence-corrected chi connectivity index (χ1v) is 10.7. The highest BCUT2D eigenvalue weighted by atomic mass is 32.2. The van der Waals surface area contributed by atoms with Crippen molar-refractivity contribution in [1.29, 1.82) is 0 Å². The molecular formula is C20H20F2N2O4S. The maximum atomic E-state index is 14.0. The van der Waals surface area contributed by atoms with Crippen LogP contribution in [0.15, 0.2) is 41.3 Å². The highest BCUT2D eigenvalue weighted by Gasteiger charge is 2.37. The van der Waals surface area contributed by atoms with Crippen molar-refractivity contribution in [3.05, 3.63) is 59.2 Å². The number of carbonyl (C=O) groups is 1. The van der Waals surface area contributed by atoms with Crippen molar-refractivity contribution in [2.45, 2.75) is 37.3 Å². The summed E-state index contributed by atoms with van der Waals surface area (Å²) in [7, 11) is -4.17. The number of cyclic esters (lactones) is 1. The number of anilines is 1. The van der Waals surface area contributed by atoms with E-state index in [0.29, 0.717) is 18.9 Å². The molecule has 0 unspecified atom stereocenters. The number of amides is 1. The normalized spacial score (nSPS) is 18.4. The van der Waals surface area contributed by atoms with E-state index in [1.54, 1.807) is 4.90 Å². The summed E-state index contributed by atoms with van der Waals surface area (Å²) in [5.74, 6) is -1.81. The van der Waals surface area contributed by atoms with Crippen molar-refractivity contribution in [3.63, 3.8) is 0 Å². The molecule has 2 heterocycles. The van der Waals surface area contributed by atoms with Gasteiger partial charge in [-0.05, 0) is 44.0 Å². The van der Waals surface area contributed by atoms with Crippen molar-refractivity contribution in [1.82, 2.24) is 4.31 Å². The molecule has 2 aliphatic heterocycles. The quantitative estimate of drug-likeness (QED) is 0.758. The van der Waals surface area contributed by atoms with Gasteiger partial charge in [0.1, 0.15) is 23.1 Å². The summed E-state index contributed by atoms with van der Waals surface area (Å²) < 4.78 is 59.4. The summed E-state index contributed by atoms with van der Waals surface area (Å²) in [5, 5.41) is 0. The van der Waals surface area contributed by atoms with E-state index in [1.807, 2.05) is 25.1 Å². The summed E-state index contributed by atoms with van der Waals surface area (Å²) in [5.41, 5.74) is 2.73. The van der Waals surface area contributed by atoms with Crippen LogP contribution < -0.4 is 4.90 Å². The molecule has 1 saturated heterocycles. The number of sulfonamides is 1. The number of aryl methyl sites for hydroxylation is 1. The standard InChI is InChI=1S/C20H20F2N2O4S/c1-13-2-5-18-14(10-13)12-28-20(25)24(18)16-6-8-23(9-7-16)29(26,27)19-11-15(21)3-4-17(19)22/h2-5,10-11,16H,6-9,12H2,1H3. The van der Waals surface area contributed by atoms with Crippen LogP contribution >= 0.6 is 0 Å². The van der Waals surface area contributed by atoms with Gasteiger partial charge < -0.3 is 4.74 Å². The van der Waals surface area contributed by atoms with Crippen molar-refractivity contribution >= 4 is 21.8 Å². The SMILES string of the molecule is Cc1ccc2c(c1)COC(=O)N2C1CCN(S(=O)(=O)c2cc(F)ccc2F)CC1. The fraction of sp³-hybridized carbons (Fsp3) is 0.350. The predicted molar refractivity (Wildman–Crippen MR) is 102 cm³/mol. The van der Waals surface area contributed by atoms with Crippen molar-refractivity contribution in [3.8, 4) is 0 Å². The lowest BCUT2D eigenvalue weighted by Crippen LogP contribution is -2.50. The van der Waals surface area contributed by atoms with Crippen LogP contribution in [0.3, 0.4) is 0 Å². The molecule has 2 aliphatic rings. The average Bonchev–Trinajstić information content (AvgIpc) is 2.70. The number of hydrogen-bond donors (Lipinski definition) is 0. The van der Waals surface area contributed by atoms with E-state index in [1.165, 1.54) is 0 Å². The molecule has 0 saturated carbocycles. The molecule has 1 amide bonds. The Labute approximate surface area is 167 Å². The zero-order valence-electron chi connectivity index (χ0n) is 15.8. The number of benzene rings is 2. The summed E-state index contributed by atoms with van der Waals surface area (Å²) in [6.07, 6.45) is 0.260. The van der Waals surface area contributed by atoms with E-state index in [9.17, 15) is 22.0 Å². The maximum absolute atomic E-state index is 14.0. The van der Waals surface area contributed by atoms with Gasteiger partial charge in [-0.1, -0.05) is 17.7 Å². The predicted octanol–water partition coefficient (Wildman–Crippen LogP) is 3.58. The molecule has 0 spiro atoms. The number of carbonyl (C=O) groups excluding carboxylic acids is 1. The molecule has 1 fully saturated rings. The van der Waals surface area contributed by atoms with Crippen molar-refractivity contribution < 1.29 is 26.7 Å². The Bertz CT molecular complexity index is 1070. The Morgan fingerprint density at radius 2 is 1.79 bits per heavy atom. The van der Waals surface area contributed by atoms with Gasteiger partial charge in [0.2, 0.25) is 10.0 Å². The van der Waals surface area contributed by atoms with Gasteiger partial charge in [0.25, 0.3) is 0 Å². The zero-order chi connectivity index (χ0) is 20.8. The molecule has 4 rings (SSSR count). The molecule has 2 aromatic carbocycles. The lowest BCUT2D eigenvalue weighted by Gasteiger charge is -2.39. The molecule has 29 heavy (non-hydrogen) atoms. The van der Waals surface area contributed by atoms with E-state index < -0.39 is 32.6 Å². The minimum absolute atomic E-state index is 0.0912. The van der Waals surface area contributed by atoms with Crippen LogP contribution in [0.1, 0.15) is 24.0 Å². The third-order valence-electron chi connectivity index (χ3n) is 5.34. The maximum Gasteiger partial charge on any atom is 0.414 e. The number of hydrogen-bond acceptors (Lipinski definition) is 4. The lowest BCUT2D eigenvalue weighted by molar-refractivity contribution is 0.135. The van der Waals surface area contributed by atoms with E-state index >= 15 is 0 Å². The van der Waals surface area contributed by atoms with E-state index in [2.05, 4.69) is 0 Å². The molecule has 6 nitrogen and oxygen atoms in total. The molecule has 2 aromatic rings. The number of nitrogens with zero attached hydrogens (tertiary/aromatic N) is 2. The lowest BCUT2D eigenvalue weighted by atomic mass is 10.0. The van der Waals surface area contributed by atoms with Gasteiger partial charge in [0.05, 0.1) is 5.69 Å². The number of piperidine rings is 1. The van der Waals surface area contributed by atoms with Gasteiger partial charge in [-0.2, -0.15) is 4.31 Å². The largest absolute Gasteiger partial charge is 0.444 e. The Morgan fingerprint density at radius 1 is 1.07 bits per heavy atom. The molecule has 0 aromatic heterocycles. The second-order valence-electron chi connectivity index (χ2n) is 7.27. The molecule has 0 radical (unpaired) electrons. The molecule has 154 valence electrons. The van der Waals surface area contributed by atoms with Crippen LogP contribution in [0.2, 0.25) is 0 Å². The number of fused-ring (bicyclic) bond motifs is 1. The second kappa shape index (κ2) is 7.38. The van der Waals surface area contributed by atoms with Crippen molar-refractivity contribution in [2.24, 2.45) is 0 Å². The minimum atomic E-state index is -4.17. The Morgan fingerprint density at radius 3 is 2.52 bits per heavy atom. The Hall–Kier alpha value is -2.52. The fourth-order valence-corrected chi connectivity index (χ4v) is 5.42. The number of ether oxygens (including phenoxy) is 1. The highest BCUT2D eigenvalue weighted by molar-refractivity contribution is 7.89. The van der Waals surface area contributed by atoms with Gasteiger partial charge in [0, 0.05) is 24.7 Å². The smallest absolute Gasteiger partial charge is 0.414 e. The summed E-state index contributed by atoms with van der Waals surface area (Å²) in [6.45, 7) is 2.34. The van der Waals surface area contributed by atoms with Crippen LogP contribution in [-0.2, 0) is 21.4 Å². The van der Waals surface area contributed by atoms with E-state index in [-0.39, 0.29) is 25.7 Å². The van der Waals surface area contributed by atoms with Crippen LogP contribution in [-0.4, -0.2) is 37.9 Å². The van der Waals surface area contributed by atoms with Crippen LogP contribution in [0, 0.1) is 18.6 Å². The number of halogens is 2. The van der Waals surface area contributed by atoms with Crippen LogP contribution in [0.4, 0.5) is 19.3 Å². The fourth-order valence-electron chi connectivity index (χ4n) is 3.87. The Kier molecular flexibility index (Phi) is 5.04. The minimum Gasteiger partial charge on any atom is -0.444 e. The number of rotatable bonds is 3. The first-order valence-electron chi connectivity index (χ1n) is 9.28. The molecule has 0 aliphatic carbocycles. The molecule has 0 atom stereocenters. The van der Waals surface area contributed by atoms with Crippen LogP contribution in [0.25, 0.3) is 0 Å². The van der Waals surface area contributed by atoms with Gasteiger partial charge in [-0.3, -0.25) is 4.90 Å². The Balaban J connectivity index is 1.54. The first kappa shape index (κ1) is 19.8. The summed E-state index contributed by atoms with van der Waals surface area (Å²) in [6, 6.07) is 7.87. The third kappa shape index (κ3) is 3.60. The second-order valence-corrected chi connectivity index (χ2v) is 9.17. The summed E-state index contributed by atoms with van der Waals surface area (Å²) >= 11 is 0. The zero-order valence-corrected chi connectivity index (χ0v) is 16.6. The average molecular weight is 422 g/mol. The van der Waals surface area contributed by atoms with E-state index in [4.69, 9.17) is 4.74 Å². The molecule has 0 N–H and O–H groups in total. The summed E-state index contributed by atoms with van der Waals surface area (Å²) in [4.78, 5) is 13.3. The third-order valence-corrected chi connectivity index (χ3v) is 7.26. The van der Waals surface area contributed by atoms with Gasteiger partial charge in [-0.15, -0.1) is 0 Å². The highest BCUT2D eigenvalue weighted by Crippen LogP contribution is 2.33. The topological polar surface area (TPSA) is 66.9 Å². The van der Waals surface area contributed by atoms with E-state index in [0.717, 1.165) is 33.3 Å². The van der Waals surface area contributed by atoms with Gasteiger partial charge in [-0.25, -0.2) is 22.0 Å². The van der Waals surface area contributed by atoms with Gasteiger partial charge in [0.15, 0.2) is 0 Å². The van der Waals surface area contributed by atoms with Gasteiger partial charge >= 0.3 is 6.09 Å². The molecule has 9 heteroatoms. The molecular weight excluding hydrogens is 402 g/mol. The van der Waals surface area contributed by atoms with Crippen LogP contribution in [0.5, 0.6) is 0 Å². The monoisotopic (exact) mass is 422 g/mol.